The van der Waals surface area contributed by atoms with Crippen molar-refractivity contribution >= 4 is 0 Å². The van der Waals surface area contributed by atoms with E-state index in [1.807, 2.05) is 6.07 Å². The molecule has 5 heteroatoms. The summed E-state index contributed by atoms with van der Waals surface area (Å²) in [5, 5.41) is 0. The number of unbranched alkanes of at least 4 members (excludes halogenated alkanes) is 1. The Labute approximate surface area is 144 Å². The van der Waals surface area contributed by atoms with E-state index >= 15 is 0 Å². The number of rotatable bonds is 8. The van der Waals surface area contributed by atoms with Gasteiger partial charge in [0, 0.05) is 24.7 Å². The van der Waals surface area contributed by atoms with E-state index in [1.54, 1.807) is 0 Å². The minimum atomic E-state index is 0.304. The molecular weight excluding hydrogens is 306 g/mol. The van der Waals surface area contributed by atoms with Crippen molar-refractivity contribution in [1.29, 1.82) is 0 Å². The molecule has 2 aliphatic rings. The summed E-state index contributed by atoms with van der Waals surface area (Å²) in [5.41, 5.74) is 1.22. The number of benzene rings is 1. The summed E-state index contributed by atoms with van der Waals surface area (Å²) in [6.45, 7) is 10.4. The Morgan fingerprint density at radius 2 is 1.88 bits per heavy atom. The van der Waals surface area contributed by atoms with Crippen molar-refractivity contribution in [2.75, 3.05) is 46.2 Å². The summed E-state index contributed by atoms with van der Waals surface area (Å²) in [7, 11) is 0. The van der Waals surface area contributed by atoms with Gasteiger partial charge in [0.25, 0.3) is 0 Å². The molecule has 1 aromatic rings. The third-order valence-electron chi connectivity index (χ3n) is 4.88. The van der Waals surface area contributed by atoms with Crippen molar-refractivity contribution in [1.82, 2.24) is 4.90 Å². The van der Waals surface area contributed by atoms with E-state index in [9.17, 15) is 0 Å². The van der Waals surface area contributed by atoms with E-state index in [0.717, 1.165) is 76.0 Å². The first-order valence-corrected chi connectivity index (χ1v) is 9.14. The third-order valence-corrected chi connectivity index (χ3v) is 4.88. The van der Waals surface area contributed by atoms with E-state index < -0.39 is 0 Å². The van der Waals surface area contributed by atoms with E-state index in [1.165, 1.54) is 5.56 Å². The average Bonchev–Trinajstić information content (AvgIpc) is 3.08. The van der Waals surface area contributed by atoms with Gasteiger partial charge in [-0.3, -0.25) is 4.90 Å². The van der Waals surface area contributed by atoms with Crippen LogP contribution < -0.4 is 14.2 Å². The second kappa shape index (κ2) is 8.58. The molecule has 0 aliphatic carbocycles. The zero-order chi connectivity index (χ0) is 16.8. The van der Waals surface area contributed by atoms with Gasteiger partial charge in [-0.05, 0) is 37.8 Å². The quantitative estimate of drug-likeness (QED) is 0.681. The van der Waals surface area contributed by atoms with Crippen molar-refractivity contribution in [2.45, 2.75) is 39.0 Å². The lowest BCUT2D eigenvalue weighted by Gasteiger charge is -2.26. The molecule has 1 atom stereocenters. The topological polar surface area (TPSA) is 40.2 Å². The molecule has 3 rings (SSSR count). The van der Waals surface area contributed by atoms with Gasteiger partial charge in [0.2, 0.25) is 6.79 Å². The maximum atomic E-state index is 6.10. The zero-order valence-electron chi connectivity index (χ0n) is 14.9. The third kappa shape index (κ3) is 4.33. The molecule has 0 bridgehead atoms. The summed E-state index contributed by atoms with van der Waals surface area (Å²) < 4.78 is 22.5. The summed E-state index contributed by atoms with van der Waals surface area (Å²) in [6, 6.07) is 4.07. The largest absolute Gasteiger partial charge is 0.493 e. The van der Waals surface area contributed by atoms with Crippen molar-refractivity contribution in [3.63, 3.8) is 0 Å². The normalized spacial score (nSPS) is 18.6. The molecule has 0 N–H and O–H groups in total. The van der Waals surface area contributed by atoms with Crippen LogP contribution in [-0.4, -0.2) is 51.1 Å². The Balaban J connectivity index is 1.50. The van der Waals surface area contributed by atoms with Crippen LogP contribution in [0.3, 0.4) is 0 Å². The van der Waals surface area contributed by atoms with Gasteiger partial charge in [0.15, 0.2) is 11.5 Å². The Hall–Kier alpha value is -1.46. The molecule has 134 valence electrons. The van der Waals surface area contributed by atoms with Crippen LogP contribution in [0.1, 0.15) is 44.6 Å². The second-order valence-electron chi connectivity index (χ2n) is 6.56. The highest BCUT2D eigenvalue weighted by Gasteiger charge is 2.20. The summed E-state index contributed by atoms with van der Waals surface area (Å²) in [4.78, 5) is 2.47. The highest BCUT2D eigenvalue weighted by Crippen LogP contribution is 2.41. The van der Waals surface area contributed by atoms with Crippen LogP contribution in [-0.2, 0) is 4.74 Å². The van der Waals surface area contributed by atoms with E-state index in [-0.39, 0.29) is 0 Å². The predicted octanol–water partition coefficient (Wildman–Crippen LogP) is 3.42. The van der Waals surface area contributed by atoms with E-state index in [4.69, 9.17) is 18.9 Å². The number of nitrogens with zero attached hydrogens (tertiary/aromatic N) is 1. The summed E-state index contributed by atoms with van der Waals surface area (Å²) in [5.74, 6) is 3.03. The minimum absolute atomic E-state index is 0.304. The lowest BCUT2D eigenvalue weighted by Crippen LogP contribution is -2.36. The van der Waals surface area contributed by atoms with Gasteiger partial charge < -0.3 is 18.9 Å². The number of morpholine rings is 1. The van der Waals surface area contributed by atoms with E-state index in [0.29, 0.717) is 12.7 Å². The van der Waals surface area contributed by atoms with Crippen LogP contribution in [0, 0.1) is 0 Å². The van der Waals surface area contributed by atoms with Crippen LogP contribution in [0.2, 0.25) is 0 Å². The number of ether oxygens (including phenoxy) is 4. The van der Waals surface area contributed by atoms with E-state index in [2.05, 4.69) is 24.8 Å². The standard InChI is InChI=1S/C19H29NO4/c1-3-15(2)16-12-18-19(24-14-23-18)13-17(16)22-9-5-4-6-20-7-10-21-11-8-20/h12-13,15H,3-11,14H2,1-2H3. The minimum Gasteiger partial charge on any atom is -0.493 e. The molecule has 0 saturated carbocycles. The van der Waals surface area contributed by atoms with Crippen molar-refractivity contribution in [2.24, 2.45) is 0 Å². The van der Waals surface area contributed by atoms with Gasteiger partial charge in [0.05, 0.1) is 19.8 Å². The molecule has 1 unspecified atom stereocenters. The molecule has 0 spiro atoms. The smallest absolute Gasteiger partial charge is 0.231 e. The molecule has 0 radical (unpaired) electrons. The number of hydrogen-bond donors (Lipinski definition) is 0. The first-order valence-electron chi connectivity index (χ1n) is 9.14. The Bertz CT molecular complexity index is 528. The van der Waals surface area contributed by atoms with Gasteiger partial charge in [-0.15, -0.1) is 0 Å². The lowest BCUT2D eigenvalue weighted by molar-refractivity contribution is 0.0368. The van der Waals surface area contributed by atoms with Gasteiger partial charge >= 0.3 is 0 Å². The first-order chi connectivity index (χ1) is 11.8. The molecule has 2 aliphatic heterocycles. The van der Waals surface area contributed by atoms with Crippen LogP contribution in [0.25, 0.3) is 0 Å². The number of hydrogen-bond acceptors (Lipinski definition) is 5. The Morgan fingerprint density at radius 1 is 1.12 bits per heavy atom. The van der Waals surface area contributed by atoms with Crippen molar-refractivity contribution in [3.8, 4) is 17.2 Å². The highest BCUT2D eigenvalue weighted by molar-refractivity contribution is 5.52. The Kier molecular flexibility index (Phi) is 6.21. The van der Waals surface area contributed by atoms with Crippen LogP contribution >= 0.6 is 0 Å². The number of fused-ring (bicyclic) bond motifs is 1. The molecular formula is C19H29NO4. The Morgan fingerprint density at radius 3 is 2.62 bits per heavy atom. The van der Waals surface area contributed by atoms with Gasteiger partial charge in [-0.1, -0.05) is 13.8 Å². The molecule has 2 heterocycles. The fourth-order valence-corrected chi connectivity index (χ4v) is 3.11. The van der Waals surface area contributed by atoms with Crippen LogP contribution in [0.4, 0.5) is 0 Å². The molecule has 0 amide bonds. The highest BCUT2D eigenvalue weighted by atomic mass is 16.7. The monoisotopic (exact) mass is 335 g/mol. The molecule has 5 nitrogen and oxygen atoms in total. The molecule has 1 saturated heterocycles. The van der Waals surface area contributed by atoms with Crippen LogP contribution in [0.5, 0.6) is 17.2 Å². The fourth-order valence-electron chi connectivity index (χ4n) is 3.11. The molecule has 1 aromatic carbocycles. The van der Waals surface area contributed by atoms with Crippen LogP contribution in [0.15, 0.2) is 12.1 Å². The molecule has 1 fully saturated rings. The van der Waals surface area contributed by atoms with Crippen molar-refractivity contribution < 1.29 is 18.9 Å². The summed E-state index contributed by atoms with van der Waals surface area (Å²) in [6.07, 6.45) is 3.29. The van der Waals surface area contributed by atoms with Gasteiger partial charge in [-0.2, -0.15) is 0 Å². The predicted molar refractivity (Wildman–Crippen MR) is 93.3 cm³/mol. The molecule has 0 aromatic heterocycles. The van der Waals surface area contributed by atoms with Crippen molar-refractivity contribution in [3.05, 3.63) is 17.7 Å². The maximum Gasteiger partial charge on any atom is 0.231 e. The lowest BCUT2D eigenvalue weighted by atomic mass is 9.97. The molecule has 24 heavy (non-hydrogen) atoms. The first kappa shape index (κ1) is 17.4. The van der Waals surface area contributed by atoms with Gasteiger partial charge in [0.1, 0.15) is 5.75 Å². The fraction of sp³-hybridized carbons (Fsp3) is 0.684. The SMILES string of the molecule is CCC(C)c1cc2c(cc1OCCCCN1CCOCC1)OCO2. The summed E-state index contributed by atoms with van der Waals surface area (Å²) >= 11 is 0. The average molecular weight is 335 g/mol. The zero-order valence-corrected chi connectivity index (χ0v) is 14.9. The van der Waals surface area contributed by atoms with Gasteiger partial charge in [-0.25, -0.2) is 0 Å². The maximum absolute atomic E-state index is 6.10. The second-order valence-corrected chi connectivity index (χ2v) is 6.56.